The molecule has 0 fully saturated rings. The minimum absolute atomic E-state index is 0.230. The molecule has 1 heterocycles. The molecule has 0 amide bonds. The van der Waals surface area contributed by atoms with Gasteiger partial charge in [0.05, 0.1) is 32.0 Å². The lowest BCUT2D eigenvalue weighted by molar-refractivity contribution is 0.0459. The van der Waals surface area contributed by atoms with Crippen molar-refractivity contribution in [3.8, 4) is 17.2 Å². The number of ether oxygens (including phenoxy) is 4. The summed E-state index contributed by atoms with van der Waals surface area (Å²) in [7, 11) is -0.947. The minimum Gasteiger partial charge on any atom is -0.493 e. The molecule has 31 heavy (non-hydrogen) atoms. The summed E-state index contributed by atoms with van der Waals surface area (Å²) in [6.45, 7) is 0.479. The largest absolute Gasteiger partial charge is 0.493 e. The fourth-order valence-corrected chi connectivity index (χ4v) is 3.74. The Bertz CT molecular complexity index is 1100. The van der Waals surface area contributed by atoms with Crippen molar-refractivity contribution in [2.24, 2.45) is 4.99 Å². The molecule has 1 aliphatic heterocycles. The van der Waals surface area contributed by atoms with Gasteiger partial charge in [-0.05, 0) is 34.4 Å². The molecule has 1 atom stereocenters. The lowest BCUT2D eigenvalue weighted by atomic mass is 9.93. The van der Waals surface area contributed by atoms with E-state index in [9.17, 15) is 0 Å². The van der Waals surface area contributed by atoms with Crippen molar-refractivity contribution in [1.82, 2.24) is 0 Å². The van der Waals surface area contributed by atoms with Gasteiger partial charge in [0.1, 0.15) is 0 Å². The Morgan fingerprint density at radius 2 is 1.58 bits per heavy atom. The zero-order chi connectivity index (χ0) is 23.8. The van der Waals surface area contributed by atoms with E-state index < -0.39 is 0 Å². The summed E-state index contributed by atoms with van der Waals surface area (Å²) in [5.41, 5.74) is 5.05. The molecule has 0 aromatic heterocycles. The van der Waals surface area contributed by atoms with E-state index in [4.69, 9.17) is 28.1 Å². The molecule has 0 N–H and O–H groups in total. The van der Waals surface area contributed by atoms with Gasteiger partial charge < -0.3 is 18.9 Å². The van der Waals surface area contributed by atoms with E-state index in [0.29, 0.717) is 30.9 Å². The van der Waals surface area contributed by atoms with Crippen LogP contribution in [0, 0.1) is 0 Å². The van der Waals surface area contributed by atoms with Crippen molar-refractivity contribution in [3.05, 3.63) is 89.0 Å². The fourth-order valence-electron chi connectivity index (χ4n) is 3.74. The van der Waals surface area contributed by atoms with Crippen molar-refractivity contribution in [2.45, 2.75) is 25.7 Å². The van der Waals surface area contributed by atoms with Crippen LogP contribution in [0.15, 0.2) is 71.7 Å². The second-order valence-electron chi connectivity index (χ2n) is 7.22. The Morgan fingerprint density at radius 3 is 2.32 bits per heavy atom. The zero-order valence-corrected chi connectivity index (χ0v) is 17.3. The van der Waals surface area contributed by atoms with Crippen LogP contribution in [0.4, 0.5) is 0 Å². The Balaban J connectivity index is 1.63. The molecule has 1 aliphatic rings. The molecule has 0 bridgehead atoms. The first-order valence-corrected chi connectivity index (χ1v) is 9.95. The lowest BCUT2D eigenvalue weighted by Crippen LogP contribution is -2.24. The maximum atomic E-state index is 7.46. The van der Waals surface area contributed by atoms with Gasteiger partial charge >= 0.3 is 0 Å². The van der Waals surface area contributed by atoms with Crippen LogP contribution in [0.2, 0.25) is 0 Å². The molecule has 0 saturated heterocycles. The van der Waals surface area contributed by atoms with Crippen molar-refractivity contribution < 1.29 is 23.1 Å². The number of aliphatic imine (C=N–C) groups is 1. The first-order valence-electron chi connectivity index (χ1n) is 12.1. The van der Waals surface area contributed by atoms with E-state index in [-0.39, 0.29) is 33.2 Å². The van der Waals surface area contributed by atoms with Crippen molar-refractivity contribution in [3.63, 3.8) is 0 Å². The van der Waals surface area contributed by atoms with Gasteiger partial charge in [-0.1, -0.05) is 54.6 Å². The molecular weight excluding hydrogens is 390 g/mol. The molecule has 1 unspecified atom stereocenters. The maximum Gasteiger partial charge on any atom is 0.203 e. The Kier molecular flexibility index (Phi) is 5.42. The standard InChI is InChI=1S/C26H27NO4/c1-28-23-14-19(15-24(29-2)26(23)30-3)13-22-21-12-8-7-11-20(21)16-25(27-22)31-17-18-9-5-4-6-10-18/h4-12,14-15,25H,13,16-17H2,1-3H3/i1D,2D,3D. The topological polar surface area (TPSA) is 49.3 Å². The summed E-state index contributed by atoms with van der Waals surface area (Å²) in [6, 6.07) is 21.7. The zero-order valence-electron chi connectivity index (χ0n) is 20.3. The van der Waals surface area contributed by atoms with Crippen LogP contribution in [0.25, 0.3) is 0 Å². The first kappa shape index (κ1) is 17.4. The van der Waals surface area contributed by atoms with Crippen molar-refractivity contribution >= 4 is 5.71 Å². The van der Waals surface area contributed by atoms with E-state index >= 15 is 0 Å². The number of rotatable bonds is 8. The summed E-state index contributed by atoms with van der Waals surface area (Å²) in [5.74, 6) is 0.850. The van der Waals surface area contributed by atoms with E-state index in [0.717, 1.165) is 22.4 Å². The summed E-state index contributed by atoms with van der Waals surface area (Å²) in [5, 5.41) is 0. The Morgan fingerprint density at radius 1 is 0.871 bits per heavy atom. The third-order valence-electron chi connectivity index (χ3n) is 5.22. The van der Waals surface area contributed by atoms with Crippen molar-refractivity contribution in [1.29, 1.82) is 0 Å². The quantitative estimate of drug-likeness (QED) is 0.523. The SMILES string of the molecule is [2H]COc1cc(CC2=NC(OCc3ccccc3)Cc3ccccc32)cc(OC[2H])c1OC[2H]. The van der Waals surface area contributed by atoms with Gasteiger partial charge in [0, 0.05) is 18.6 Å². The number of fused-ring (bicyclic) bond motifs is 1. The lowest BCUT2D eigenvalue weighted by Gasteiger charge is -2.24. The summed E-state index contributed by atoms with van der Waals surface area (Å²) >= 11 is 0. The highest BCUT2D eigenvalue weighted by Gasteiger charge is 2.22. The average molecular weight is 421 g/mol. The van der Waals surface area contributed by atoms with Crippen LogP contribution in [-0.4, -0.2) is 33.2 Å². The molecule has 3 aromatic rings. The van der Waals surface area contributed by atoms with E-state index in [1.54, 1.807) is 12.1 Å². The second-order valence-corrected chi connectivity index (χ2v) is 7.22. The van der Waals surface area contributed by atoms with E-state index in [1.807, 2.05) is 42.5 Å². The number of hydrogen-bond acceptors (Lipinski definition) is 5. The normalized spacial score (nSPS) is 16.3. The number of hydrogen-bond donors (Lipinski definition) is 0. The monoisotopic (exact) mass is 420 g/mol. The molecule has 0 saturated carbocycles. The van der Waals surface area contributed by atoms with Crippen LogP contribution in [0.1, 0.15) is 26.4 Å². The summed E-state index contributed by atoms with van der Waals surface area (Å²) in [6.07, 6.45) is 0.874. The van der Waals surface area contributed by atoms with E-state index in [2.05, 4.69) is 12.1 Å². The highest BCUT2D eigenvalue weighted by Crippen LogP contribution is 2.38. The minimum atomic E-state index is -0.331. The van der Waals surface area contributed by atoms with Gasteiger partial charge in [0.25, 0.3) is 0 Å². The Hall–Kier alpha value is -3.31. The van der Waals surface area contributed by atoms with Gasteiger partial charge in [-0.3, -0.25) is 4.99 Å². The smallest absolute Gasteiger partial charge is 0.203 e. The average Bonchev–Trinajstić information content (AvgIpc) is 2.86. The molecule has 0 spiro atoms. The molecule has 4 rings (SSSR count). The summed E-state index contributed by atoms with van der Waals surface area (Å²) < 4.78 is 44.7. The highest BCUT2D eigenvalue weighted by atomic mass is 16.5. The first-order chi connectivity index (χ1) is 16.7. The summed E-state index contributed by atoms with van der Waals surface area (Å²) in [4.78, 5) is 4.92. The fraction of sp³-hybridized carbons (Fsp3) is 0.269. The van der Waals surface area contributed by atoms with Crippen LogP contribution in [0.3, 0.4) is 0 Å². The molecule has 160 valence electrons. The molecule has 3 aromatic carbocycles. The van der Waals surface area contributed by atoms with Crippen LogP contribution in [-0.2, 0) is 24.2 Å². The second kappa shape index (κ2) is 9.67. The molecule has 5 nitrogen and oxygen atoms in total. The van der Waals surface area contributed by atoms with Gasteiger partial charge in [0.2, 0.25) is 5.75 Å². The molecular formula is C26H27NO4. The van der Waals surface area contributed by atoms with Crippen LogP contribution in [0.5, 0.6) is 17.2 Å². The van der Waals surface area contributed by atoms with Crippen molar-refractivity contribution in [2.75, 3.05) is 21.3 Å². The number of benzene rings is 3. The van der Waals surface area contributed by atoms with E-state index in [1.165, 1.54) is 5.56 Å². The predicted molar refractivity (Wildman–Crippen MR) is 122 cm³/mol. The van der Waals surface area contributed by atoms with Crippen LogP contribution >= 0.6 is 0 Å². The van der Waals surface area contributed by atoms with Gasteiger partial charge in [0.15, 0.2) is 17.7 Å². The van der Waals surface area contributed by atoms with Gasteiger partial charge in [-0.25, -0.2) is 0 Å². The Labute approximate surface area is 187 Å². The molecule has 0 aliphatic carbocycles. The van der Waals surface area contributed by atoms with Gasteiger partial charge in [-0.15, -0.1) is 0 Å². The van der Waals surface area contributed by atoms with Crippen LogP contribution < -0.4 is 14.2 Å². The molecule has 5 heteroatoms. The van der Waals surface area contributed by atoms with Gasteiger partial charge in [-0.2, -0.15) is 0 Å². The third-order valence-corrected chi connectivity index (χ3v) is 5.22. The molecule has 0 radical (unpaired) electrons. The number of nitrogens with zero attached hydrogens (tertiary/aromatic N) is 1. The number of methoxy groups -OCH3 is 3. The maximum absolute atomic E-state index is 7.46. The third kappa shape index (κ3) is 4.72. The highest BCUT2D eigenvalue weighted by molar-refractivity contribution is 6.04. The predicted octanol–water partition coefficient (Wildman–Crippen LogP) is 4.84.